The van der Waals surface area contributed by atoms with Gasteiger partial charge in [0, 0.05) is 31.1 Å². The lowest BCUT2D eigenvalue weighted by Gasteiger charge is -2.02. The van der Waals surface area contributed by atoms with Crippen molar-refractivity contribution in [3.05, 3.63) is 47.1 Å². The molecule has 0 radical (unpaired) electrons. The second kappa shape index (κ2) is 10.1. The molecule has 1 fully saturated rings. The Morgan fingerprint density at radius 3 is 2.75 bits per heavy atom. The lowest BCUT2D eigenvalue weighted by molar-refractivity contribution is 0.708. The Hall–Kier alpha value is -1.81. The fourth-order valence-corrected chi connectivity index (χ4v) is 3.06. The van der Waals surface area contributed by atoms with E-state index in [1.165, 1.54) is 25.7 Å². The summed E-state index contributed by atoms with van der Waals surface area (Å²) in [5, 5.41) is 2.04. The molecule has 2 aromatic heterocycles. The summed E-state index contributed by atoms with van der Waals surface area (Å²) in [6.07, 6.45) is 12.5. The number of nitrogens with zero attached hydrogens (tertiary/aromatic N) is 3. The largest absolute Gasteiger partial charge is 0.297 e. The van der Waals surface area contributed by atoms with Crippen LogP contribution in [0.25, 0.3) is 10.7 Å². The van der Waals surface area contributed by atoms with Gasteiger partial charge in [0.2, 0.25) is 0 Å². The molecule has 0 saturated heterocycles. The van der Waals surface area contributed by atoms with Crippen LogP contribution < -0.4 is 0 Å². The van der Waals surface area contributed by atoms with Gasteiger partial charge in [-0.1, -0.05) is 44.7 Å². The van der Waals surface area contributed by atoms with Crippen molar-refractivity contribution in [3.8, 4) is 10.7 Å². The highest BCUT2D eigenvalue weighted by atomic mass is 32.1. The summed E-state index contributed by atoms with van der Waals surface area (Å²) in [6, 6.07) is 6.08. The van der Waals surface area contributed by atoms with Crippen LogP contribution in [-0.2, 0) is 6.42 Å². The highest BCUT2D eigenvalue weighted by molar-refractivity contribution is 7.13. The SMILES string of the molecule is CCCC1CC1.CN=C/C=C\Cc1cc(C)nc(-c2cccs2)n1. The predicted molar refractivity (Wildman–Crippen MR) is 105 cm³/mol. The van der Waals surface area contributed by atoms with Gasteiger partial charge in [-0.05, 0) is 36.4 Å². The molecule has 0 atom stereocenters. The van der Waals surface area contributed by atoms with E-state index in [1.54, 1.807) is 24.6 Å². The van der Waals surface area contributed by atoms with Crippen LogP contribution in [0.15, 0.2) is 40.7 Å². The van der Waals surface area contributed by atoms with Crippen molar-refractivity contribution in [2.45, 2.75) is 46.0 Å². The summed E-state index contributed by atoms with van der Waals surface area (Å²) in [5.74, 6) is 1.97. The van der Waals surface area contributed by atoms with Crippen molar-refractivity contribution in [2.75, 3.05) is 7.05 Å². The molecular formula is C20H27N3S. The molecule has 1 saturated carbocycles. The molecule has 0 aliphatic heterocycles. The van der Waals surface area contributed by atoms with Crippen LogP contribution >= 0.6 is 11.3 Å². The third-order valence-corrected chi connectivity index (χ3v) is 4.61. The summed E-state index contributed by atoms with van der Waals surface area (Å²) in [7, 11) is 1.76. The van der Waals surface area contributed by atoms with E-state index in [1.807, 2.05) is 42.7 Å². The molecule has 3 nitrogen and oxygen atoms in total. The molecule has 0 bridgehead atoms. The standard InChI is InChI=1S/C14H15N3S.C6H12/c1-11-10-12(6-3-4-8-15-2)17-14(16-11)13-7-5-9-18-13;1-2-3-6-4-5-6/h3-5,7-10H,6H2,1-2H3;6H,2-5H2,1H3/b4-3-,15-8?;. The summed E-state index contributed by atoms with van der Waals surface area (Å²) in [6.45, 7) is 4.26. The number of thiophene rings is 1. The molecule has 128 valence electrons. The van der Waals surface area contributed by atoms with Gasteiger partial charge in [0.05, 0.1) is 4.88 Å². The fraction of sp³-hybridized carbons (Fsp3) is 0.450. The van der Waals surface area contributed by atoms with Gasteiger partial charge in [-0.2, -0.15) is 0 Å². The highest BCUT2D eigenvalue weighted by Gasteiger charge is 2.18. The molecule has 0 amide bonds. The molecule has 2 aromatic rings. The third-order valence-electron chi connectivity index (χ3n) is 3.74. The van der Waals surface area contributed by atoms with Crippen LogP contribution in [0.2, 0.25) is 0 Å². The average molecular weight is 342 g/mol. The molecular weight excluding hydrogens is 314 g/mol. The maximum Gasteiger partial charge on any atom is 0.169 e. The van der Waals surface area contributed by atoms with Gasteiger partial charge in [-0.3, -0.25) is 4.99 Å². The minimum absolute atomic E-state index is 0.799. The minimum Gasteiger partial charge on any atom is -0.297 e. The molecule has 0 N–H and O–H groups in total. The Morgan fingerprint density at radius 1 is 1.33 bits per heavy atom. The molecule has 0 aromatic carbocycles. The van der Waals surface area contributed by atoms with Crippen molar-refractivity contribution in [1.29, 1.82) is 0 Å². The van der Waals surface area contributed by atoms with Crippen molar-refractivity contribution in [3.63, 3.8) is 0 Å². The monoisotopic (exact) mass is 341 g/mol. The molecule has 2 heterocycles. The quantitative estimate of drug-likeness (QED) is 0.650. The Morgan fingerprint density at radius 2 is 2.17 bits per heavy atom. The van der Waals surface area contributed by atoms with Crippen molar-refractivity contribution in [2.24, 2.45) is 10.9 Å². The molecule has 1 aliphatic rings. The number of aromatic nitrogens is 2. The first-order valence-corrected chi connectivity index (χ1v) is 9.56. The van der Waals surface area contributed by atoms with Crippen LogP contribution in [0.4, 0.5) is 0 Å². The maximum absolute atomic E-state index is 4.58. The number of hydrogen-bond donors (Lipinski definition) is 0. The van der Waals surface area contributed by atoms with Crippen molar-refractivity contribution in [1.82, 2.24) is 9.97 Å². The fourth-order valence-electron chi connectivity index (χ4n) is 2.40. The van der Waals surface area contributed by atoms with E-state index in [-0.39, 0.29) is 0 Å². The molecule has 0 unspecified atom stereocenters. The number of aryl methyl sites for hydroxylation is 1. The Bertz CT molecular complexity index is 656. The second-order valence-electron chi connectivity index (χ2n) is 6.07. The van der Waals surface area contributed by atoms with Gasteiger partial charge in [-0.15, -0.1) is 11.3 Å². The first kappa shape index (κ1) is 18.5. The van der Waals surface area contributed by atoms with Gasteiger partial charge in [-0.25, -0.2) is 9.97 Å². The molecule has 1 aliphatic carbocycles. The van der Waals surface area contributed by atoms with Crippen LogP contribution in [0, 0.1) is 12.8 Å². The van der Waals surface area contributed by atoms with Gasteiger partial charge in [0.25, 0.3) is 0 Å². The average Bonchev–Trinajstić information content (AvgIpc) is 3.22. The van der Waals surface area contributed by atoms with Gasteiger partial charge in [0.1, 0.15) is 0 Å². The Labute approximate surface area is 149 Å². The molecule has 0 spiro atoms. The topological polar surface area (TPSA) is 38.1 Å². The van der Waals surface area contributed by atoms with E-state index < -0.39 is 0 Å². The zero-order valence-corrected chi connectivity index (χ0v) is 15.7. The Kier molecular flexibility index (Phi) is 7.83. The van der Waals surface area contributed by atoms with E-state index in [2.05, 4.69) is 21.9 Å². The van der Waals surface area contributed by atoms with Gasteiger partial charge < -0.3 is 0 Å². The van der Waals surface area contributed by atoms with Gasteiger partial charge in [0.15, 0.2) is 5.82 Å². The van der Waals surface area contributed by atoms with Crippen LogP contribution in [0.3, 0.4) is 0 Å². The number of allylic oxidation sites excluding steroid dienone is 2. The zero-order chi connectivity index (χ0) is 17.2. The van der Waals surface area contributed by atoms with Crippen LogP contribution in [0.1, 0.15) is 44.0 Å². The number of rotatable bonds is 6. The lowest BCUT2D eigenvalue weighted by Crippen LogP contribution is -1.96. The van der Waals surface area contributed by atoms with Crippen molar-refractivity contribution < 1.29 is 0 Å². The van der Waals surface area contributed by atoms with E-state index in [0.29, 0.717) is 0 Å². The number of aliphatic imine (C=N–C) groups is 1. The van der Waals surface area contributed by atoms with Crippen LogP contribution in [-0.4, -0.2) is 23.2 Å². The summed E-state index contributed by atoms with van der Waals surface area (Å²) >= 11 is 1.66. The minimum atomic E-state index is 0.799. The maximum atomic E-state index is 4.58. The highest BCUT2D eigenvalue weighted by Crippen LogP contribution is 2.33. The smallest absolute Gasteiger partial charge is 0.169 e. The van der Waals surface area contributed by atoms with Crippen LogP contribution in [0.5, 0.6) is 0 Å². The van der Waals surface area contributed by atoms with Gasteiger partial charge >= 0.3 is 0 Å². The summed E-state index contributed by atoms with van der Waals surface area (Å²) < 4.78 is 0. The summed E-state index contributed by atoms with van der Waals surface area (Å²) in [5.41, 5.74) is 2.03. The first-order chi connectivity index (χ1) is 11.7. The summed E-state index contributed by atoms with van der Waals surface area (Å²) in [4.78, 5) is 14.1. The van der Waals surface area contributed by atoms with Crippen molar-refractivity contribution >= 4 is 17.6 Å². The third kappa shape index (κ3) is 6.75. The first-order valence-electron chi connectivity index (χ1n) is 8.68. The predicted octanol–water partition coefficient (Wildman–Crippen LogP) is 5.51. The molecule has 4 heteroatoms. The Balaban J connectivity index is 0.000000292. The normalized spacial score (nSPS) is 14.1. The lowest BCUT2D eigenvalue weighted by atomic mass is 10.2. The second-order valence-corrected chi connectivity index (χ2v) is 7.02. The molecule has 24 heavy (non-hydrogen) atoms. The molecule has 3 rings (SSSR count). The van der Waals surface area contributed by atoms with E-state index in [4.69, 9.17) is 0 Å². The van der Waals surface area contributed by atoms with E-state index in [0.717, 1.165) is 34.4 Å². The van der Waals surface area contributed by atoms with E-state index >= 15 is 0 Å². The number of hydrogen-bond acceptors (Lipinski definition) is 4. The van der Waals surface area contributed by atoms with E-state index in [9.17, 15) is 0 Å². The zero-order valence-electron chi connectivity index (χ0n) is 14.9.